The molecule has 0 saturated carbocycles. The SMILES string of the molecule is CC(C)C[C@]1(C)NC(=O)N(CC(=O)NC(=O)Nc2ccc3c(c2)OCCO3)C1=O. The third-order valence-corrected chi connectivity index (χ3v) is 4.52. The molecule has 1 aromatic rings. The minimum Gasteiger partial charge on any atom is -0.486 e. The second kappa shape index (κ2) is 7.98. The molecular formula is C19H24N4O6. The Kier molecular flexibility index (Phi) is 5.62. The molecule has 1 saturated heterocycles. The number of carbonyl (C=O) groups excluding carboxylic acids is 4. The third-order valence-electron chi connectivity index (χ3n) is 4.52. The number of anilines is 1. The first-order chi connectivity index (χ1) is 13.7. The largest absolute Gasteiger partial charge is 0.486 e. The molecule has 2 aliphatic heterocycles. The molecule has 0 aromatic heterocycles. The zero-order valence-electron chi connectivity index (χ0n) is 16.5. The van der Waals surface area contributed by atoms with Crippen molar-refractivity contribution in [3.05, 3.63) is 18.2 Å². The van der Waals surface area contributed by atoms with Gasteiger partial charge < -0.3 is 20.1 Å². The van der Waals surface area contributed by atoms with Gasteiger partial charge in [-0.2, -0.15) is 0 Å². The van der Waals surface area contributed by atoms with E-state index in [0.717, 1.165) is 4.90 Å². The van der Waals surface area contributed by atoms with Gasteiger partial charge in [0.2, 0.25) is 5.91 Å². The Morgan fingerprint density at radius 2 is 1.90 bits per heavy atom. The minimum atomic E-state index is -1.06. The molecule has 0 unspecified atom stereocenters. The molecule has 156 valence electrons. The van der Waals surface area contributed by atoms with Crippen LogP contribution in [0.15, 0.2) is 18.2 Å². The van der Waals surface area contributed by atoms with Gasteiger partial charge in [-0.15, -0.1) is 0 Å². The van der Waals surface area contributed by atoms with Gasteiger partial charge in [-0.05, 0) is 31.4 Å². The lowest BCUT2D eigenvalue weighted by molar-refractivity contribution is -0.134. The van der Waals surface area contributed by atoms with Crippen LogP contribution in [0.3, 0.4) is 0 Å². The van der Waals surface area contributed by atoms with Gasteiger partial charge in [-0.25, -0.2) is 9.59 Å². The molecule has 1 fully saturated rings. The summed E-state index contributed by atoms with van der Waals surface area (Å²) in [6.07, 6.45) is 0.445. The van der Waals surface area contributed by atoms with Gasteiger partial charge in [0, 0.05) is 11.8 Å². The molecule has 6 amide bonds. The fraction of sp³-hybridized carbons (Fsp3) is 0.474. The van der Waals surface area contributed by atoms with E-state index in [4.69, 9.17) is 9.47 Å². The molecular weight excluding hydrogens is 380 g/mol. The summed E-state index contributed by atoms with van der Waals surface area (Å²) in [5, 5.41) is 7.23. The van der Waals surface area contributed by atoms with Crippen molar-refractivity contribution in [3.63, 3.8) is 0 Å². The van der Waals surface area contributed by atoms with Crippen LogP contribution in [-0.4, -0.2) is 54.1 Å². The maximum absolute atomic E-state index is 12.6. The fourth-order valence-electron chi connectivity index (χ4n) is 3.44. The average Bonchev–Trinajstić information content (AvgIpc) is 2.83. The standard InChI is InChI=1S/C19H24N4O6/c1-11(2)9-19(3)16(25)23(18(27)22-19)10-15(24)21-17(26)20-12-4-5-13-14(8-12)29-7-6-28-13/h4-5,8,11H,6-7,9-10H2,1-3H3,(H,22,27)(H2,20,21,24,26)/t19-/m0/s1. The Bertz CT molecular complexity index is 855. The predicted molar refractivity (Wildman–Crippen MR) is 103 cm³/mol. The molecule has 29 heavy (non-hydrogen) atoms. The zero-order valence-corrected chi connectivity index (χ0v) is 16.5. The summed E-state index contributed by atoms with van der Waals surface area (Å²) in [6.45, 7) is 5.80. The fourth-order valence-corrected chi connectivity index (χ4v) is 3.44. The summed E-state index contributed by atoms with van der Waals surface area (Å²) in [5.41, 5.74) is -0.655. The first-order valence-corrected chi connectivity index (χ1v) is 9.32. The van der Waals surface area contributed by atoms with Crippen LogP contribution >= 0.6 is 0 Å². The van der Waals surface area contributed by atoms with E-state index in [-0.39, 0.29) is 5.92 Å². The number of hydrogen-bond acceptors (Lipinski definition) is 6. The monoisotopic (exact) mass is 404 g/mol. The second-order valence-corrected chi connectivity index (χ2v) is 7.61. The lowest BCUT2D eigenvalue weighted by Crippen LogP contribution is -2.47. The number of ether oxygens (including phenoxy) is 2. The Balaban J connectivity index is 1.56. The van der Waals surface area contributed by atoms with Gasteiger partial charge in [-0.3, -0.25) is 19.8 Å². The van der Waals surface area contributed by atoms with E-state index in [1.165, 1.54) is 0 Å². The highest BCUT2D eigenvalue weighted by atomic mass is 16.6. The van der Waals surface area contributed by atoms with Crippen LogP contribution in [0.4, 0.5) is 15.3 Å². The van der Waals surface area contributed by atoms with Gasteiger partial charge in [0.1, 0.15) is 25.3 Å². The summed E-state index contributed by atoms with van der Waals surface area (Å²) in [5.74, 6) is -0.0313. The molecule has 0 bridgehead atoms. The van der Waals surface area contributed by atoms with E-state index < -0.39 is 36.0 Å². The molecule has 2 heterocycles. The van der Waals surface area contributed by atoms with Gasteiger partial charge in [0.05, 0.1) is 0 Å². The Morgan fingerprint density at radius 1 is 1.21 bits per heavy atom. The maximum Gasteiger partial charge on any atom is 0.325 e. The highest BCUT2D eigenvalue weighted by Gasteiger charge is 2.48. The average molecular weight is 404 g/mol. The molecule has 2 aliphatic rings. The molecule has 3 N–H and O–H groups in total. The van der Waals surface area contributed by atoms with Crippen molar-refractivity contribution >= 4 is 29.6 Å². The summed E-state index contributed by atoms with van der Waals surface area (Å²) < 4.78 is 10.8. The van der Waals surface area contributed by atoms with Crippen molar-refractivity contribution in [1.29, 1.82) is 0 Å². The number of fused-ring (bicyclic) bond motifs is 1. The Hall–Kier alpha value is -3.30. The number of hydrogen-bond donors (Lipinski definition) is 3. The number of urea groups is 2. The number of carbonyl (C=O) groups is 4. The third kappa shape index (κ3) is 4.58. The minimum absolute atomic E-state index is 0.176. The first kappa shape index (κ1) is 20.4. The Morgan fingerprint density at radius 3 is 2.59 bits per heavy atom. The highest BCUT2D eigenvalue weighted by molar-refractivity contribution is 6.10. The van der Waals surface area contributed by atoms with Crippen LogP contribution in [0.2, 0.25) is 0 Å². The summed E-state index contributed by atoms with van der Waals surface area (Å²) in [7, 11) is 0. The van der Waals surface area contributed by atoms with Crippen molar-refractivity contribution in [1.82, 2.24) is 15.5 Å². The Labute approximate surface area is 167 Å². The van der Waals surface area contributed by atoms with Crippen LogP contribution in [0.5, 0.6) is 11.5 Å². The number of nitrogens with one attached hydrogen (secondary N) is 3. The summed E-state index contributed by atoms with van der Waals surface area (Å²) in [6, 6.07) is 3.39. The van der Waals surface area contributed by atoms with E-state index in [1.54, 1.807) is 25.1 Å². The van der Waals surface area contributed by atoms with Crippen LogP contribution in [-0.2, 0) is 9.59 Å². The predicted octanol–water partition coefficient (Wildman–Crippen LogP) is 1.46. The van der Waals surface area contributed by atoms with Crippen molar-refractivity contribution in [2.75, 3.05) is 25.1 Å². The van der Waals surface area contributed by atoms with Gasteiger partial charge in [-0.1, -0.05) is 13.8 Å². The molecule has 0 radical (unpaired) electrons. The quantitative estimate of drug-likeness (QED) is 0.638. The number of benzene rings is 1. The van der Waals surface area contributed by atoms with Crippen LogP contribution in [0.25, 0.3) is 0 Å². The topological polar surface area (TPSA) is 126 Å². The lowest BCUT2D eigenvalue weighted by Gasteiger charge is -2.23. The lowest BCUT2D eigenvalue weighted by atomic mass is 9.91. The molecule has 10 nitrogen and oxygen atoms in total. The maximum atomic E-state index is 12.6. The van der Waals surface area contributed by atoms with Crippen LogP contribution in [0.1, 0.15) is 27.2 Å². The van der Waals surface area contributed by atoms with Gasteiger partial charge in [0.15, 0.2) is 11.5 Å². The highest BCUT2D eigenvalue weighted by Crippen LogP contribution is 2.32. The molecule has 1 atom stereocenters. The van der Waals surface area contributed by atoms with E-state index in [2.05, 4.69) is 16.0 Å². The van der Waals surface area contributed by atoms with E-state index >= 15 is 0 Å². The van der Waals surface area contributed by atoms with Gasteiger partial charge in [0.25, 0.3) is 5.91 Å². The smallest absolute Gasteiger partial charge is 0.325 e. The van der Waals surface area contributed by atoms with Crippen LogP contribution in [0, 0.1) is 5.92 Å². The summed E-state index contributed by atoms with van der Waals surface area (Å²) >= 11 is 0. The number of rotatable bonds is 5. The molecule has 1 aromatic carbocycles. The number of amides is 6. The van der Waals surface area contributed by atoms with E-state index in [0.29, 0.717) is 36.8 Å². The molecule has 10 heteroatoms. The number of nitrogens with zero attached hydrogens (tertiary/aromatic N) is 1. The normalized spacial score (nSPS) is 20.5. The molecule has 0 spiro atoms. The van der Waals surface area contributed by atoms with Gasteiger partial charge >= 0.3 is 12.1 Å². The van der Waals surface area contributed by atoms with E-state index in [1.807, 2.05) is 13.8 Å². The van der Waals surface area contributed by atoms with E-state index in [9.17, 15) is 19.2 Å². The van der Waals surface area contributed by atoms with Crippen molar-refractivity contribution < 1.29 is 28.7 Å². The van der Waals surface area contributed by atoms with Crippen molar-refractivity contribution in [2.45, 2.75) is 32.7 Å². The number of imide groups is 2. The zero-order chi connectivity index (χ0) is 21.2. The molecule has 3 rings (SSSR count). The van der Waals surface area contributed by atoms with Crippen molar-refractivity contribution in [3.8, 4) is 11.5 Å². The van der Waals surface area contributed by atoms with Crippen LogP contribution < -0.4 is 25.4 Å². The van der Waals surface area contributed by atoms with Crippen molar-refractivity contribution in [2.24, 2.45) is 5.92 Å². The second-order valence-electron chi connectivity index (χ2n) is 7.61. The first-order valence-electron chi connectivity index (χ1n) is 9.32. The molecule has 0 aliphatic carbocycles. The summed E-state index contributed by atoms with van der Waals surface area (Å²) in [4.78, 5) is 49.7.